The van der Waals surface area contributed by atoms with Gasteiger partial charge in [0.1, 0.15) is 10.3 Å². The van der Waals surface area contributed by atoms with Crippen LogP contribution in [0.1, 0.15) is 57.7 Å². The second-order valence-electron chi connectivity index (χ2n) is 9.83. The lowest BCUT2D eigenvalue weighted by molar-refractivity contribution is -0.143. The van der Waals surface area contributed by atoms with Gasteiger partial charge in [-0.25, -0.2) is 9.79 Å². The quantitative estimate of drug-likeness (QED) is 0.422. The number of esters is 1. The third-order valence-electron chi connectivity index (χ3n) is 6.88. The zero-order valence-electron chi connectivity index (χ0n) is 22.7. The first kappa shape index (κ1) is 26.6. The van der Waals surface area contributed by atoms with Crippen molar-refractivity contribution >= 4 is 34.5 Å². The van der Waals surface area contributed by atoms with Crippen molar-refractivity contribution in [2.45, 2.75) is 52.7 Å². The molecule has 5 rings (SSSR count). The Morgan fingerprint density at radius 1 is 1.10 bits per heavy atom. The number of methoxy groups -OCH3 is 1. The molecule has 2 aromatic carbocycles. The molecule has 1 aromatic heterocycles. The molecule has 0 N–H and O–H groups in total. The summed E-state index contributed by atoms with van der Waals surface area (Å²) in [5, 5.41) is 0. The summed E-state index contributed by atoms with van der Waals surface area (Å²) < 4.78 is 12.7. The van der Waals surface area contributed by atoms with Gasteiger partial charge in [0.15, 0.2) is 4.80 Å². The van der Waals surface area contributed by atoms with Gasteiger partial charge in [0, 0.05) is 12.1 Å². The molecular formula is C30H31N3O5S. The number of unbranched alkanes of at least 4 members (excludes halogenated alkanes) is 1. The van der Waals surface area contributed by atoms with Crippen molar-refractivity contribution in [2.75, 3.05) is 18.6 Å². The lowest BCUT2D eigenvalue weighted by atomic mass is 9.95. The number of carbonyl (C=O) groups excluding carboxylic acids is 2. The van der Waals surface area contributed by atoms with E-state index in [1.165, 1.54) is 15.9 Å². The van der Waals surface area contributed by atoms with Crippen molar-refractivity contribution in [2.24, 2.45) is 4.99 Å². The van der Waals surface area contributed by atoms with Crippen molar-refractivity contribution in [3.05, 3.63) is 90.6 Å². The van der Waals surface area contributed by atoms with Crippen LogP contribution in [0, 0.1) is 0 Å². The summed E-state index contributed by atoms with van der Waals surface area (Å²) in [6.45, 7) is 7.96. The Kier molecular flexibility index (Phi) is 7.27. The van der Waals surface area contributed by atoms with E-state index in [4.69, 9.17) is 9.47 Å². The van der Waals surface area contributed by atoms with Crippen molar-refractivity contribution in [3.63, 3.8) is 0 Å². The van der Waals surface area contributed by atoms with E-state index in [9.17, 15) is 14.4 Å². The molecule has 0 fully saturated rings. The molecule has 202 valence electrons. The number of fused-ring (bicyclic) bond motifs is 2. The number of anilines is 1. The van der Waals surface area contributed by atoms with Crippen LogP contribution in [-0.2, 0) is 14.3 Å². The molecule has 0 spiro atoms. The SMILES string of the molecule is CCCCN1C(=O)/C(=c2/sc3n(c2=O)[C@H](c2ccc(OC)cc2)C(C(=O)OC(C)C)=C(C)N=3)c2ccccc21. The Balaban J connectivity index is 1.76. The summed E-state index contributed by atoms with van der Waals surface area (Å²) in [4.78, 5) is 48.1. The summed E-state index contributed by atoms with van der Waals surface area (Å²) in [7, 11) is 1.58. The Hall–Kier alpha value is -3.98. The predicted molar refractivity (Wildman–Crippen MR) is 151 cm³/mol. The van der Waals surface area contributed by atoms with Gasteiger partial charge >= 0.3 is 5.97 Å². The average molecular weight is 546 g/mol. The molecule has 8 nitrogen and oxygen atoms in total. The van der Waals surface area contributed by atoms with Gasteiger partial charge in [-0.05, 0) is 51.0 Å². The average Bonchev–Trinajstić information content (AvgIpc) is 3.38. The van der Waals surface area contributed by atoms with Crippen molar-refractivity contribution < 1.29 is 19.1 Å². The highest BCUT2D eigenvalue weighted by Crippen LogP contribution is 2.36. The molecule has 0 radical (unpaired) electrons. The molecule has 3 aromatic rings. The van der Waals surface area contributed by atoms with Crippen molar-refractivity contribution in [1.29, 1.82) is 0 Å². The minimum absolute atomic E-state index is 0.189. The van der Waals surface area contributed by atoms with Crippen LogP contribution in [0.2, 0.25) is 0 Å². The normalized spacial score (nSPS) is 17.7. The van der Waals surface area contributed by atoms with E-state index < -0.39 is 12.0 Å². The number of benzene rings is 2. The lowest BCUT2D eigenvalue weighted by Crippen LogP contribution is -2.41. The number of allylic oxidation sites excluding steroid dienone is 1. The standard InChI is InChI=1S/C30H31N3O5S/c1-6-7-16-32-22-11-9-8-10-21(22)24(27(32)34)26-28(35)33-25(19-12-14-20(37-5)15-13-19)23(29(36)38-17(2)3)18(4)31-30(33)39-26/h8-15,17,25H,6-7,16H2,1-5H3/b26-24+/t25-/m1/s1. The van der Waals surface area contributed by atoms with E-state index in [2.05, 4.69) is 11.9 Å². The Morgan fingerprint density at radius 3 is 2.49 bits per heavy atom. The molecule has 3 heterocycles. The van der Waals surface area contributed by atoms with Crippen LogP contribution in [-0.4, -0.2) is 36.2 Å². The fourth-order valence-electron chi connectivity index (χ4n) is 5.05. The highest BCUT2D eigenvalue weighted by Gasteiger charge is 2.37. The number of nitrogens with zero attached hydrogens (tertiary/aromatic N) is 3. The minimum Gasteiger partial charge on any atom is -0.497 e. The Bertz CT molecular complexity index is 1660. The van der Waals surface area contributed by atoms with E-state index in [0.717, 1.165) is 24.1 Å². The van der Waals surface area contributed by atoms with E-state index in [1.54, 1.807) is 44.9 Å². The number of hydrogen-bond donors (Lipinski definition) is 0. The zero-order chi connectivity index (χ0) is 27.8. The highest BCUT2D eigenvalue weighted by atomic mass is 32.1. The molecule has 2 aliphatic rings. The zero-order valence-corrected chi connectivity index (χ0v) is 23.5. The Morgan fingerprint density at radius 2 is 1.82 bits per heavy atom. The molecular weight excluding hydrogens is 514 g/mol. The van der Waals surface area contributed by atoms with Gasteiger partial charge in [-0.15, -0.1) is 0 Å². The predicted octanol–water partition coefficient (Wildman–Crippen LogP) is 3.71. The largest absolute Gasteiger partial charge is 0.497 e. The topological polar surface area (TPSA) is 90.2 Å². The van der Waals surface area contributed by atoms with Crippen LogP contribution in [0.25, 0.3) is 5.57 Å². The third kappa shape index (κ3) is 4.61. The highest BCUT2D eigenvalue weighted by molar-refractivity contribution is 7.07. The van der Waals surface area contributed by atoms with Gasteiger partial charge in [0.2, 0.25) is 0 Å². The maximum atomic E-state index is 14.2. The van der Waals surface area contributed by atoms with Gasteiger partial charge in [-0.1, -0.05) is 55.0 Å². The summed E-state index contributed by atoms with van der Waals surface area (Å²) in [6, 6.07) is 14.0. The summed E-state index contributed by atoms with van der Waals surface area (Å²) >= 11 is 1.18. The molecule has 0 bridgehead atoms. The number of thiazole rings is 1. The van der Waals surface area contributed by atoms with E-state index in [0.29, 0.717) is 44.0 Å². The van der Waals surface area contributed by atoms with E-state index in [1.807, 2.05) is 36.4 Å². The number of ether oxygens (including phenoxy) is 2. The maximum Gasteiger partial charge on any atom is 0.338 e. The van der Waals surface area contributed by atoms with E-state index in [-0.39, 0.29) is 17.6 Å². The van der Waals surface area contributed by atoms with Gasteiger partial charge in [0.25, 0.3) is 11.5 Å². The van der Waals surface area contributed by atoms with Gasteiger partial charge in [-0.2, -0.15) is 0 Å². The minimum atomic E-state index is -0.768. The van der Waals surface area contributed by atoms with Gasteiger partial charge in [0.05, 0.1) is 41.8 Å². The van der Waals surface area contributed by atoms with Gasteiger partial charge < -0.3 is 14.4 Å². The summed E-state index contributed by atoms with van der Waals surface area (Å²) in [5.74, 6) is -0.0650. The summed E-state index contributed by atoms with van der Waals surface area (Å²) in [5.41, 5.74) is 3.04. The lowest BCUT2D eigenvalue weighted by Gasteiger charge is -2.25. The molecule has 0 saturated carbocycles. The molecule has 1 atom stereocenters. The maximum absolute atomic E-state index is 14.2. The van der Waals surface area contributed by atoms with Crippen LogP contribution < -0.4 is 24.5 Å². The number of amides is 1. The molecule has 39 heavy (non-hydrogen) atoms. The molecule has 0 aliphatic carbocycles. The first-order valence-electron chi connectivity index (χ1n) is 13.1. The number of carbonyl (C=O) groups is 2. The number of aromatic nitrogens is 1. The van der Waals surface area contributed by atoms with Crippen molar-refractivity contribution in [3.8, 4) is 5.75 Å². The van der Waals surface area contributed by atoms with Crippen LogP contribution in [0.4, 0.5) is 5.69 Å². The second kappa shape index (κ2) is 10.6. The molecule has 0 saturated heterocycles. The van der Waals surface area contributed by atoms with Crippen LogP contribution in [0.3, 0.4) is 0 Å². The van der Waals surface area contributed by atoms with E-state index >= 15 is 0 Å². The smallest absolute Gasteiger partial charge is 0.338 e. The summed E-state index contributed by atoms with van der Waals surface area (Å²) in [6.07, 6.45) is 1.45. The molecule has 1 amide bonds. The number of para-hydroxylation sites is 1. The first-order valence-corrected chi connectivity index (χ1v) is 13.9. The second-order valence-corrected chi connectivity index (χ2v) is 10.8. The number of rotatable bonds is 7. The fraction of sp³-hybridized carbons (Fsp3) is 0.333. The van der Waals surface area contributed by atoms with Crippen LogP contribution >= 0.6 is 11.3 Å². The Labute approximate surface area is 230 Å². The third-order valence-corrected chi connectivity index (χ3v) is 7.93. The van der Waals surface area contributed by atoms with Gasteiger partial charge in [-0.3, -0.25) is 14.2 Å². The fourth-order valence-corrected chi connectivity index (χ4v) is 6.19. The molecule has 0 unspecified atom stereocenters. The van der Waals surface area contributed by atoms with Crippen LogP contribution in [0.5, 0.6) is 5.75 Å². The molecule has 2 aliphatic heterocycles. The first-order chi connectivity index (χ1) is 18.8. The monoisotopic (exact) mass is 545 g/mol. The van der Waals surface area contributed by atoms with Crippen LogP contribution in [0.15, 0.2) is 69.6 Å². The number of hydrogen-bond acceptors (Lipinski definition) is 7. The van der Waals surface area contributed by atoms with Crippen molar-refractivity contribution in [1.82, 2.24) is 4.57 Å². The molecule has 9 heteroatoms.